The summed E-state index contributed by atoms with van der Waals surface area (Å²) in [6.45, 7) is 4.54. The van der Waals surface area contributed by atoms with Crippen LogP contribution in [-0.4, -0.2) is 18.0 Å². The van der Waals surface area contributed by atoms with Gasteiger partial charge in [-0.3, -0.25) is 0 Å². The van der Waals surface area contributed by atoms with E-state index >= 15 is 0 Å². The fraction of sp³-hybridized carbons (Fsp3) is 0.810. The molecule has 0 aromatic heterocycles. The van der Waals surface area contributed by atoms with Crippen LogP contribution in [0.25, 0.3) is 0 Å². The van der Waals surface area contributed by atoms with E-state index in [-0.39, 0.29) is 5.79 Å². The van der Waals surface area contributed by atoms with Gasteiger partial charge in [0.05, 0.1) is 12.2 Å². The second kappa shape index (κ2) is 28.1. The number of hydrogen-bond donors (Lipinski definition) is 0. The smallest absolute Gasteiger partial charge is 0.169 e. The third-order valence-electron chi connectivity index (χ3n) is 9.64. The van der Waals surface area contributed by atoms with Crippen LogP contribution in [0.2, 0.25) is 0 Å². The number of fused-ring (bicyclic) bond motifs is 1. The molecule has 254 valence electrons. The van der Waals surface area contributed by atoms with E-state index in [0.717, 1.165) is 25.7 Å². The van der Waals surface area contributed by atoms with Crippen molar-refractivity contribution in [3.63, 3.8) is 0 Å². The number of unbranched alkanes of at least 4 members (excludes halogenated alkanes) is 18. The summed E-state index contributed by atoms with van der Waals surface area (Å²) in [5, 5.41) is 0. The minimum Gasteiger partial charge on any atom is -0.344 e. The first-order chi connectivity index (χ1) is 21.8. The van der Waals surface area contributed by atoms with Gasteiger partial charge in [0.15, 0.2) is 5.79 Å². The normalized spacial score (nSPS) is 20.0. The topological polar surface area (TPSA) is 18.5 Å². The second-order valence-electron chi connectivity index (χ2n) is 13.8. The van der Waals surface area contributed by atoms with Crippen molar-refractivity contribution in [1.29, 1.82) is 0 Å². The molecule has 2 fully saturated rings. The van der Waals surface area contributed by atoms with Crippen LogP contribution in [0.1, 0.15) is 200 Å². The second-order valence-corrected chi connectivity index (χ2v) is 13.8. The Morgan fingerprint density at radius 3 is 1.16 bits per heavy atom. The van der Waals surface area contributed by atoms with Crippen LogP contribution in [0.15, 0.2) is 48.6 Å². The lowest BCUT2D eigenvalue weighted by Crippen LogP contribution is -2.31. The van der Waals surface area contributed by atoms with Gasteiger partial charge in [0.25, 0.3) is 0 Å². The fourth-order valence-corrected chi connectivity index (χ4v) is 6.87. The molecule has 2 nitrogen and oxygen atoms in total. The highest BCUT2D eigenvalue weighted by atomic mass is 16.8. The van der Waals surface area contributed by atoms with Crippen LogP contribution < -0.4 is 0 Å². The molecule has 0 amide bonds. The number of hydrogen-bond acceptors (Lipinski definition) is 2. The number of ether oxygens (including phenoxy) is 2. The predicted octanol–water partition coefficient (Wildman–Crippen LogP) is 14.1. The molecule has 2 aliphatic rings. The Balaban J connectivity index is 1.46. The molecule has 0 radical (unpaired) electrons. The molecule has 0 unspecified atom stereocenters. The minimum atomic E-state index is -0.264. The molecule has 0 N–H and O–H groups in total. The van der Waals surface area contributed by atoms with Crippen LogP contribution in [0.4, 0.5) is 0 Å². The van der Waals surface area contributed by atoms with Crippen LogP contribution in [-0.2, 0) is 9.47 Å². The number of rotatable bonds is 30. The van der Waals surface area contributed by atoms with Crippen molar-refractivity contribution in [2.45, 2.75) is 218 Å². The summed E-state index contributed by atoms with van der Waals surface area (Å²) in [6, 6.07) is 0. The van der Waals surface area contributed by atoms with Crippen molar-refractivity contribution in [2.24, 2.45) is 0 Å². The van der Waals surface area contributed by atoms with Gasteiger partial charge in [-0.2, -0.15) is 0 Å². The van der Waals surface area contributed by atoms with E-state index in [1.807, 2.05) is 0 Å². The highest BCUT2D eigenvalue weighted by molar-refractivity contribution is 4.94. The van der Waals surface area contributed by atoms with Gasteiger partial charge in [0.1, 0.15) is 0 Å². The fourth-order valence-electron chi connectivity index (χ4n) is 6.87. The van der Waals surface area contributed by atoms with Crippen LogP contribution in [0.5, 0.6) is 0 Å². The molecule has 0 aromatic rings. The standard InChI is InChI=1S/C42H74O2/c1-3-5-7-9-11-13-15-17-19-21-23-25-27-29-31-33-38-42(43-40-36-35-37-41(40)44-42)39-34-32-30-28-26-24-22-20-18-16-14-12-10-8-6-4-2/h11-14,17-20,40-41H,3-10,15-16,21-39H2,1-2H3/b13-11-,14-12-,19-17-,20-18-/t40-,41-/m1/s1. The Bertz CT molecular complexity index is 685. The summed E-state index contributed by atoms with van der Waals surface area (Å²) >= 11 is 0. The van der Waals surface area contributed by atoms with E-state index in [1.54, 1.807) is 0 Å². The van der Waals surface area contributed by atoms with E-state index in [2.05, 4.69) is 62.5 Å². The average Bonchev–Trinajstić information content (AvgIpc) is 3.60. The summed E-state index contributed by atoms with van der Waals surface area (Å²) < 4.78 is 13.3. The molecule has 1 saturated heterocycles. The van der Waals surface area contributed by atoms with Crippen molar-refractivity contribution in [3.05, 3.63) is 48.6 Å². The Hall–Kier alpha value is -1.12. The molecule has 1 heterocycles. The molecule has 1 aliphatic heterocycles. The van der Waals surface area contributed by atoms with E-state index in [1.165, 1.54) is 161 Å². The Morgan fingerprint density at radius 2 is 0.773 bits per heavy atom. The summed E-state index contributed by atoms with van der Waals surface area (Å²) in [6.07, 6.45) is 56.8. The maximum absolute atomic E-state index is 6.67. The van der Waals surface area contributed by atoms with E-state index in [0.29, 0.717) is 12.2 Å². The van der Waals surface area contributed by atoms with Crippen molar-refractivity contribution in [1.82, 2.24) is 0 Å². The molecule has 0 bridgehead atoms. The lowest BCUT2D eigenvalue weighted by Gasteiger charge is -2.29. The third kappa shape index (κ3) is 20.1. The maximum Gasteiger partial charge on any atom is 0.169 e. The summed E-state index contributed by atoms with van der Waals surface area (Å²) in [7, 11) is 0. The molecule has 1 aliphatic carbocycles. The van der Waals surface area contributed by atoms with Crippen LogP contribution in [0.3, 0.4) is 0 Å². The van der Waals surface area contributed by atoms with Gasteiger partial charge < -0.3 is 9.47 Å². The SMILES string of the molecule is CCCCC/C=C\C/C=C\CCCCCCCCC1(CCCCCCCC/C=C\C/C=C\CCCCC)O[C@@H]2CCC[C@H]2O1. The van der Waals surface area contributed by atoms with Gasteiger partial charge in [-0.1, -0.05) is 140 Å². The van der Waals surface area contributed by atoms with Gasteiger partial charge in [-0.05, 0) is 96.3 Å². The number of allylic oxidation sites excluding steroid dienone is 8. The molecule has 0 spiro atoms. The van der Waals surface area contributed by atoms with Gasteiger partial charge in [-0.25, -0.2) is 0 Å². The molecule has 2 atom stereocenters. The summed E-state index contributed by atoms with van der Waals surface area (Å²) in [5.74, 6) is -0.264. The molecular formula is C42H74O2. The highest BCUT2D eigenvalue weighted by Crippen LogP contribution is 2.43. The lowest BCUT2D eigenvalue weighted by molar-refractivity contribution is -0.190. The molecule has 0 aromatic carbocycles. The Morgan fingerprint density at radius 1 is 0.432 bits per heavy atom. The first kappa shape index (κ1) is 39.1. The van der Waals surface area contributed by atoms with Crippen molar-refractivity contribution >= 4 is 0 Å². The lowest BCUT2D eigenvalue weighted by atomic mass is 9.98. The van der Waals surface area contributed by atoms with Crippen molar-refractivity contribution in [2.75, 3.05) is 0 Å². The van der Waals surface area contributed by atoms with E-state index < -0.39 is 0 Å². The Labute approximate surface area is 275 Å². The maximum atomic E-state index is 6.67. The first-order valence-electron chi connectivity index (χ1n) is 19.8. The first-order valence-corrected chi connectivity index (χ1v) is 19.8. The summed E-state index contributed by atoms with van der Waals surface area (Å²) in [4.78, 5) is 0. The van der Waals surface area contributed by atoms with Gasteiger partial charge in [0.2, 0.25) is 0 Å². The molecule has 1 saturated carbocycles. The van der Waals surface area contributed by atoms with Gasteiger partial charge >= 0.3 is 0 Å². The Kier molecular flexibility index (Phi) is 25.0. The van der Waals surface area contributed by atoms with E-state index in [9.17, 15) is 0 Å². The molecule has 2 heteroatoms. The highest BCUT2D eigenvalue weighted by Gasteiger charge is 2.48. The van der Waals surface area contributed by atoms with Gasteiger partial charge in [-0.15, -0.1) is 0 Å². The third-order valence-corrected chi connectivity index (χ3v) is 9.64. The zero-order valence-corrected chi connectivity index (χ0v) is 29.6. The monoisotopic (exact) mass is 611 g/mol. The molecule has 44 heavy (non-hydrogen) atoms. The average molecular weight is 611 g/mol. The zero-order chi connectivity index (χ0) is 31.2. The van der Waals surface area contributed by atoms with Crippen molar-refractivity contribution < 1.29 is 9.47 Å². The predicted molar refractivity (Wildman–Crippen MR) is 194 cm³/mol. The van der Waals surface area contributed by atoms with Gasteiger partial charge in [0, 0.05) is 12.8 Å². The van der Waals surface area contributed by atoms with Crippen LogP contribution >= 0.6 is 0 Å². The molecule has 2 rings (SSSR count). The quantitative estimate of drug-likeness (QED) is 0.0595. The van der Waals surface area contributed by atoms with Crippen LogP contribution in [0, 0.1) is 0 Å². The van der Waals surface area contributed by atoms with E-state index in [4.69, 9.17) is 9.47 Å². The summed E-state index contributed by atoms with van der Waals surface area (Å²) in [5.41, 5.74) is 0. The largest absolute Gasteiger partial charge is 0.344 e. The molecular weight excluding hydrogens is 536 g/mol. The van der Waals surface area contributed by atoms with Crippen molar-refractivity contribution in [3.8, 4) is 0 Å². The minimum absolute atomic E-state index is 0.264. The zero-order valence-electron chi connectivity index (χ0n) is 29.6.